The third kappa shape index (κ3) is 2.74. The normalized spacial score (nSPS) is 26.4. The number of hydrogen-bond donors (Lipinski definition) is 1. The number of ketones is 1. The molecule has 3 rings (SSSR count). The summed E-state index contributed by atoms with van der Waals surface area (Å²) in [4.78, 5) is 25.8. The van der Waals surface area contributed by atoms with Crippen LogP contribution in [0.2, 0.25) is 0 Å². The minimum atomic E-state index is -0.848. The maximum atomic E-state index is 12.4. The first-order valence-electron chi connectivity index (χ1n) is 8.12. The van der Waals surface area contributed by atoms with Gasteiger partial charge in [-0.05, 0) is 51.8 Å². The van der Waals surface area contributed by atoms with Gasteiger partial charge in [-0.3, -0.25) is 9.59 Å². The number of nitrogens with zero attached hydrogens (tertiary/aromatic N) is 1. The van der Waals surface area contributed by atoms with Gasteiger partial charge in [-0.2, -0.15) is 0 Å². The van der Waals surface area contributed by atoms with Crippen LogP contribution in [0.4, 0.5) is 0 Å². The fourth-order valence-electron chi connectivity index (χ4n) is 3.44. The number of amides is 1. The number of piperidine rings is 1. The van der Waals surface area contributed by atoms with Crippen LogP contribution in [0.3, 0.4) is 0 Å². The van der Waals surface area contributed by atoms with Crippen LogP contribution in [0, 0.1) is 0 Å². The van der Waals surface area contributed by atoms with E-state index in [4.69, 9.17) is 4.74 Å². The Hall–Kier alpha value is -1.88. The summed E-state index contributed by atoms with van der Waals surface area (Å²) in [7, 11) is 0. The van der Waals surface area contributed by atoms with Crippen LogP contribution in [0.1, 0.15) is 62.0 Å². The summed E-state index contributed by atoms with van der Waals surface area (Å²) in [5.74, 6) is 0.640. The fraction of sp³-hybridized carbons (Fsp3) is 0.556. The summed E-state index contributed by atoms with van der Waals surface area (Å²) in [5, 5.41) is 10.8. The molecular formula is C18H23NO4. The smallest absolute Gasteiger partial charge is 0.223 e. The first kappa shape index (κ1) is 16.0. The zero-order valence-corrected chi connectivity index (χ0v) is 13.8. The number of rotatable bonds is 2. The topological polar surface area (TPSA) is 66.8 Å². The molecule has 1 saturated heterocycles. The third-order valence-corrected chi connectivity index (χ3v) is 4.82. The van der Waals surface area contributed by atoms with Crippen LogP contribution in [0.25, 0.3) is 0 Å². The van der Waals surface area contributed by atoms with Gasteiger partial charge >= 0.3 is 0 Å². The molecule has 0 spiro atoms. The van der Waals surface area contributed by atoms with E-state index < -0.39 is 17.7 Å². The maximum absolute atomic E-state index is 12.4. The molecule has 23 heavy (non-hydrogen) atoms. The van der Waals surface area contributed by atoms with E-state index >= 15 is 0 Å². The van der Waals surface area contributed by atoms with Gasteiger partial charge in [0.25, 0.3) is 0 Å². The Morgan fingerprint density at radius 1 is 1.35 bits per heavy atom. The highest BCUT2D eigenvalue weighted by atomic mass is 16.5. The van der Waals surface area contributed by atoms with Gasteiger partial charge in [0, 0.05) is 24.1 Å². The van der Waals surface area contributed by atoms with Gasteiger partial charge in [-0.1, -0.05) is 0 Å². The molecule has 1 amide bonds. The molecule has 2 aliphatic rings. The highest BCUT2D eigenvalue weighted by Gasteiger charge is 2.47. The lowest BCUT2D eigenvalue weighted by atomic mass is 9.84. The molecule has 0 saturated carbocycles. The number of carbonyl (C=O) groups excluding carboxylic acids is 2. The van der Waals surface area contributed by atoms with Gasteiger partial charge in [-0.25, -0.2) is 0 Å². The van der Waals surface area contributed by atoms with Crippen molar-refractivity contribution in [2.75, 3.05) is 6.54 Å². The predicted molar refractivity (Wildman–Crippen MR) is 85.5 cm³/mol. The van der Waals surface area contributed by atoms with Crippen molar-refractivity contribution in [2.45, 2.75) is 57.8 Å². The number of fused-ring (bicyclic) bond motifs is 1. The number of aliphatic hydroxyl groups excluding tert-OH is 1. The Morgan fingerprint density at radius 2 is 2.09 bits per heavy atom. The quantitative estimate of drug-likeness (QED) is 0.851. The van der Waals surface area contributed by atoms with E-state index in [1.54, 1.807) is 23.1 Å². The van der Waals surface area contributed by atoms with Crippen LogP contribution in [0.5, 0.6) is 5.75 Å². The number of aliphatic hydroxyl groups is 1. The van der Waals surface area contributed by atoms with Gasteiger partial charge in [0.1, 0.15) is 17.5 Å². The average Bonchev–Trinajstić information content (AvgIpc) is 2.49. The van der Waals surface area contributed by atoms with Crippen molar-refractivity contribution in [1.29, 1.82) is 0 Å². The van der Waals surface area contributed by atoms with Gasteiger partial charge in [0.2, 0.25) is 5.91 Å². The van der Waals surface area contributed by atoms with Crippen molar-refractivity contribution >= 4 is 11.7 Å². The van der Waals surface area contributed by atoms with E-state index in [0.29, 0.717) is 24.3 Å². The Morgan fingerprint density at radius 3 is 2.74 bits per heavy atom. The SMILES string of the molecule is CC(=O)c1ccc2c(c1)C(N1CCCCC1=O)[C@H](O)C(C)(C)O2. The van der Waals surface area contributed by atoms with Crippen LogP contribution >= 0.6 is 0 Å². The maximum Gasteiger partial charge on any atom is 0.223 e. The Labute approximate surface area is 136 Å². The van der Waals surface area contributed by atoms with E-state index in [0.717, 1.165) is 18.4 Å². The summed E-state index contributed by atoms with van der Waals surface area (Å²) in [5.41, 5.74) is 0.487. The van der Waals surface area contributed by atoms with Crippen molar-refractivity contribution < 1.29 is 19.4 Å². The average molecular weight is 317 g/mol. The molecule has 1 N–H and O–H groups in total. The lowest BCUT2D eigenvalue weighted by Gasteiger charge is -2.47. The van der Waals surface area contributed by atoms with Gasteiger partial charge in [-0.15, -0.1) is 0 Å². The molecule has 0 aliphatic carbocycles. The number of carbonyl (C=O) groups is 2. The second-order valence-corrected chi connectivity index (χ2v) is 6.95. The molecule has 5 nitrogen and oxygen atoms in total. The molecular weight excluding hydrogens is 294 g/mol. The summed E-state index contributed by atoms with van der Waals surface area (Å²) < 4.78 is 5.92. The highest BCUT2D eigenvalue weighted by Crippen LogP contribution is 2.44. The van der Waals surface area contributed by atoms with Gasteiger partial charge in [0.15, 0.2) is 5.78 Å². The van der Waals surface area contributed by atoms with Gasteiger partial charge < -0.3 is 14.7 Å². The largest absolute Gasteiger partial charge is 0.485 e. The van der Waals surface area contributed by atoms with E-state index in [-0.39, 0.29) is 11.7 Å². The monoisotopic (exact) mass is 317 g/mol. The zero-order chi connectivity index (χ0) is 16.8. The summed E-state index contributed by atoms with van der Waals surface area (Å²) in [6.45, 7) is 5.77. The van der Waals surface area contributed by atoms with Crippen LogP contribution in [0.15, 0.2) is 18.2 Å². The molecule has 1 aromatic rings. The van der Waals surface area contributed by atoms with Crippen molar-refractivity contribution in [1.82, 2.24) is 4.90 Å². The van der Waals surface area contributed by atoms with E-state index in [9.17, 15) is 14.7 Å². The van der Waals surface area contributed by atoms with E-state index in [1.165, 1.54) is 6.92 Å². The first-order valence-corrected chi connectivity index (χ1v) is 8.12. The molecule has 0 bridgehead atoms. The second-order valence-electron chi connectivity index (χ2n) is 6.95. The Kier molecular flexibility index (Phi) is 3.92. The highest BCUT2D eigenvalue weighted by molar-refractivity contribution is 5.94. The van der Waals surface area contributed by atoms with Crippen molar-refractivity contribution in [2.24, 2.45) is 0 Å². The first-order chi connectivity index (χ1) is 10.8. The van der Waals surface area contributed by atoms with Crippen LogP contribution in [-0.4, -0.2) is 39.9 Å². The Bertz CT molecular complexity index is 652. The van der Waals surface area contributed by atoms with Crippen LogP contribution < -0.4 is 4.74 Å². The molecule has 1 fully saturated rings. The predicted octanol–water partition coefficient (Wildman–Crippen LogP) is 2.47. The molecule has 5 heteroatoms. The van der Waals surface area contributed by atoms with Crippen molar-refractivity contribution in [3.8, 4) is 5.75 Å². The number of ether oxygens (including phenoxy) is 1. The van der Waals surface area contributed by atoms with E-state index in [1.807, 2.05) is 13.8 Å². The summed E-state index contributed by atoms with van der Waals surface area (Å²) in [6, 6.07) is 4.77. The van der Waals surface area contributed by atoms with Gasteiger partial charge in [0.05, 0.1) is 6.04 Å². The minimum absolute atomic E-state index is 0.0455. The number of hydrogen-bond acceptors (Lipinski definition) is 4. The number of benzene rings is 1. The van der Waals surface area contributed by atoms with Crippen LogP contribution in [-0.2, 0) is 4.79 Å². The lowest BCUT2D eigenvalue weighted by molar-refractivity contribution is -0.147. The van der Waals surface area contributed by atoms with E-state index in [2.05, 4.69) is 0 Å². The summed E-state index contributed by atoms with van der Waals surface area (Å²) in [6.07, 6.45) is 1.47. The zero-order valence-electron chi connectivity index (χ0n) is 13.8. The van der Waals surface area contributed by atoms with Crippen molar-refractivity contribution in [3.63, 3.8) is 0 Å². The fourth-order valence-corrected chi connectivity index (χ4v) is 3.44. The number of Topliss-reactive ketones (excluding diaryl/α,β-unsaturated/α-hetero) is 1. The minimum Gasteiger partial charge on any atom is -0.485 e. The summed E-state index contributed by atoms with van der Waals surface area (Å²) >= 11 is 0. The number of likely N-dealkylation sites (tertiary alicyclic amines) is 1. The lowest BCUT2D eigenvalue weighted by Crippen LogP contribution is -2.55. The molecule has 1 unspecified atom stereocenters. The molecule has 0 aromatic heterocycles. The molecule has 2 atom stereocenters. The molecule has 124 valence electrons. The van der Waals surface area contributed by atoms with Crippen molar-refractivity contribution in [3.05, 3.63) is 29.3 Å². The Balaban J connectivity index is 2.11. The molecule has 0 radical (unpaired) electrons. The molecule has 2 heterocycles. The standard InChI is InChI=1S/C18H23NO4/c1-11(20)12-7-8-14-13(10-12)16(17(22)18(2,3)23-14)19-9-5-4-6-15(19)21/h7-8,10,16-17,22H,4-6,9H2,1-3H3/t16?,17-/m0/s1. The second kappa shape index (κ2) is 5.64. The molecule has 1 aromatic carbocycles. The third-order valence-electron chi connectivity index (χ3n) is 4.82. The molecule has 2 aliphatic heterocycles.